The van der Waals surface area contributed by atoms with Gasteiger partial charge in [-0.3, -0.25) is 0 Å². The third kappa shape index (κ3) is 2.02. The van der Waals surface area contributed by atoms with Gasteiger partial charge in [0.25, 0.3) is 0 Å². The molecule has 2 heteroatoms. The van der Waals surface area contributed by atoms with Gasteiger partial charge in [0.2, 0.25) is 0 Å². The number of hydrogen-bond acceptors (Lipinski definition) is 2. The Morgan fingerprint density at radius 2 is 1.59 bits per heavy atom. The summed E-state index contributed by atoms with van der Waals surface area (Å²) in [7, 11) is 3.41. The van der Waals surface area contributed by atoms with E-state index in [1.165, 1.54) is 28.7 Å². The lowest BCUT2D eigenvalue weighted by atomic mass is 9.84. The molecule has 22 heavy (non-hydrogen) atoms. The van der Waals surface area contributed by atoms with Crippen LogP contribution in [0.5, 0.6) is 11.5 Å². The molecule has 2 aromatic carbocycles. The van der Waals surface area contributed by atoms with Crippen LogP contribution in [0, 0.1) is 0 Å². The molecule has 0 unspecified atom stereocenters. The minimum Gasteiger partial charge on any atom is -0.493 e. The lowest BCUT2D eigenvalue weighted by Gasteiger charge is -2.20. The molecule has 2 aliphatic carbocycles. The molecule has 0 spiro atoms. The van der Waals surface area contributed by atoms with Gasteiger partial charge in [-0.05, 0) is 53.2 Å². The summed E-state index contributed by atoms with van der Waals surface area (Å²) in [5.41, 5.74) is 5.67. The molecule has 0 aromatic heterocycles. The van der Waals surface area contributed by atoms with Crippen LogP contribution in [0.25, 0.3) is 5.57 Å². The maximum atomic E-state index is 5.48. The second-order valence-electron chi connectivity index (χ2n) is 6.14. The molecule has 0 aliphatic heterocycles. The molecule has 2 atom stereocenters. The van der Waals surface area contributed by atoms with Gasteiger partial charge in [-0.25, -0.2) is 0 Å². The Balaban J connectivity index is 1.76. The largest absolute Gasteiger partial charge is 0.493 e. The monoisotopic (exact) mass is 292 g/mol. The topological polar surface area (TPSA) is 18.5 Å². The van der Waals surface area contributed by atoms with Crippen LogP contribution in [0.2, 0.25) is 0 Å². The Hall–Kier alpha value is -2.22. The predicted molar refractivity (Wildman–Crippen MR) is 88.7 cm³/mol. The zero-order valence-electron chi connectivity index (χ0n) is 13.0. The molecule has 0 radical (unpaired) electrons. The number of allylic oxidation sites excluding steroid dienone is 2. The standard InChI is InChI=1S/C20H20O2/c1-21-19-11-17-15-8-14(13-6-4-3-5-7-13)9-16(10-15)18(17)12-20(19)22-2/h3-8,11-12,15-16H,9-10H2,1-2H3/t15-,16+/m1/s1. The number of rotatable bonds is 3. The normalized spacial score (nSPS) is 22.0. The fourth-order valence-corrected chi connectivity index (χ4v) is 3.94. The first kappa shape index (κ1) is 13.4. The summed E-state index contributed by atoms with van der Waals surface area (Å²) >= 11 is 0. The predicted octanol–water partition coefficient (Wildman–Crippen LogP) is 4.76. The maximum Gasteiger partial charge on any atom is 0.161 e. The number of ether oxygens (including phenoxy) is 2. The van der Waals surface area contributed by atoms with Gasteiger partial charge < -0.3 is 9.47 Å². The van der Waals surface area contributed by atoms with Crippen molar-refractivity contribution in [2.45, 2.75) is 24.7 Å². The Labute approximate surface area is 131 Å². The number of benzene rings is 2. The van der Waals surface area contributed by atoms with Crippen LogP contribution >= 0.6 is 0 Å². The lowest BCUT2D eigenvalue weighted by Crippen LogP contribution is -2.02. The Bertz CT molecular complexity index is 731. The molecule has 112 valence electrons. The third-order valence-corrected chi connectivity index (χ3v) is 4.98. The van der Waals surface area contributed by atoms with Crippen LogP contribution in [0.3, 0.4) is 0 Å². The van der Waals surface area contributed by atoms with E-state index >= 15 is 0 Å². The number of fused-ring (bicyclic) bond motifs is 5. The molecule has 0 fully saturated rings. The SMILES string of the molecule is COc1cc2c(cc1OC)[C@@H]1C=C(c3ccccc3)C[C@H]2C1. The van der Waals surface area contributed by atoms with Crippen LogP contribution < -0.4 is 9.47 Å². The van der Waals surface area contributed by atoms with E-state index < -0.39 is 0 Å². The van der Waals surface area contributed by atoms with Gasteiger partial charge in [0.1, 0.15) is 0 Å². The van der Waals surface area contributed by atoms with E-state index in [4.69, 9.17) is 9.47 Å². The first-order chi connectivity index (χ1) is 10.8. The van der Waals surface area contributed by atoms with Crippen molar-refractivity contribution < 1.29 is 9.47 Å². The summed E-state index contributed by atoms with van der Waals surface area (Å²) in [6.07, 6.45) is 4.77. The van der Waals surface area contributed by atoms with E-state index in [0.29, 0.717) is 11.8 Å². The summed E-state index contributed by atoms with van der Waals surface area (Å²) in [4.78, 5) is 0. The Kier molecular flexibility index (Phi) is 3.18. The average molecular weight is 292 g/mol. The first-order valence-corrected chi connectivity index (χ1v) is 7.82. The molecule has 4 rings (SSSR count). The molecule has 0 heterocycles. The molecule has 2 aromatic rings. The summed E-state index contributed by atoms with van der Waals surface area (Å²) in [5.74, 6) is 2.78. The van der Waals surface area contributed by atoms with E-state index in [-0.39, 0.29) is 0 Å². The van der Waals surface area contributed by atoms with Crippen molar-refractivity contribution >= 4 is 5.57 Å². The van der Waals surface area contributed by atoms with Crippen LogP contribution in [0.1, 0.15) is 41.4 Å². The van der Waals surface area contributed by atoms with Crippen molar-refractivity contribution in [3.05, 3.63) is 65.2 Å². The van der Waals surface area contributed by atoms with E-state index in [2.05, 4.69) is 48.5 Å². The van der Waals surface area contributed by atoms with Gasteiger partial charge >= 0.3 is 0 Å². The van der Waals surface area contributed by atoms with Crippen molar-refractivity contribution in [3.8, 4) is 11.5 Å². The number of methoxy groups -OCH3 is 2. The summed E-state index contributed by atoms with van der Waals surface area (Å²) in [5, 5.41) is 0. The highest BCUT2D eigenvalue weighted by atomic mass is 16.5. The van der Waals surface area contributed by atoms with Crippen molar-refractivity contribution in [2.24, 2.45) is 0 Å². The van der Waals surface area contributed by atoms with Gasteiger partial charge in [0, 0.05) is 5.92 Å². The maximum absolute atomic E-state index is 5.48. The van der Waals surface area contributed by atoms with Crippen molar-refractivity contribution in [1.29, 1.82) is 0 Å². The molecule has 0 saturated heterocycles. The van der Waals surface area contributed by atoms with Crippen LogP contribution in [-0.2, 0) is 0 Å². The minimum atomic E-state index is 0.503. The zero-order valence-corrected chi connectivity index (χ0v) is 13.0. The first-order valence-electron chi connectivity index (χ1n) is 7.82. The van der Waals surface area contributed by atoms with Crippen molar-refractivity contribution in [1.82, 2.24) is 0 Å². The van der Waals surface area contributed by atoms with Crippen LogP contribution in [0.4, 0.5) is 0 Å². The quantitative estimate of drug-likeness (QED) is 0.812. The molecule has 2 bridgehead atoms. The summed E-state index contributed by atoms with van der Waals surface area (Å²) in [6.45, 7) is 0. The molecule has 0 N–H and O–H groups in total. The highest BCUT2D eigenvalue weighted by Gasteiger charge is 2.35. The van der Waals surface area contributed by atoms with E-state index in [9.17, 15) is 0 Å². The fraction of sp³-hybridized carbons (Fsp3) is 0.300. The molecular formula is C20H20O2. The molecule has 0 saturated carbocycles. The molecule has 0 amide bonds. The van der Waals surface area contributed by atoms with Gasteiger partial charge in [-0.2, -0.15) is 0 Å². The van der Waals surface area contributed by atoms with Crippen molar-refractivity contribution in [3.63, 3.8) is 0 Å². The molecular weight excluding hydrogens is 272 g/mol. The van der Waals surface area contributed by atoms with Crippen molar-refractivity contribution in [2.75, 3.05) is 14.2 Å². The molecule has 2 aliphatic rings. The van der Waals surface area contributed by atoms with E-state index in [0.717, 1.165) is 17.9 Å². The van der Waals surface area contributed by atoms with E-state index in [1.807, 2.05) is 0 Å². The van der Waals surface area contributed by atoms with Gasteiger partial charge in [-0.1, -0.05) is 36.4 Å². The second kappa shape index (κ2) is 5.20. The van der Waals surface area contributed by atoms with E-state index in [1.54, 1.807) is 14.2 Å². The van der Waals surface area contributed by atoms with Gasteiger partial charge in [0.15, 0.2) is 11.5 Å². The van der Waals surface area contributed by atoms with Gasteiger partial charge in [0.05, 0.1) is 14.2 Å². The molecule has 2 nitrogen and oxygen atoms in total. The number of hydrogen-bond donors (Lipinski definition) is 0. The fourth-order valence-electron chi connectivity index (χ4n) is 3.94. The lowest BCUT2D eigenvalue weighted by molar-refractivity contribution is 0.354. The summed E-state index contributed by atoms with van der Waals surface area (Å²) < 4.78 is 11.0. The second-order valence-corrected chi connectivity index (χ2v) is 6.14. The third-order valence-electron chi connectivity index (χ3n) is 4.98. The summed E-state index contributed by atoms with van der Waals surface area (Å²) in [6, 6.07) is 15.1. The zero-order chi connectivity index (χ0) is 15.1. The highest BCUT2D eigenvalue weighted by Crippen LogP contribution is 2.53. The van der Waals surface area contributed by atoms with Crippen LogP contribution in [0.15, 0.2) is 48.5 Å². The van der Waals surface area contributed by atoms with Crippen LogP contribution in [-0.4, -0.2) is 14.2 Å². The average Bonchev–Trinajstić information content (AvgIpc) is 2.84. The van der Waals surface area contributed by atoms with Gasteiger partial charge in [-0.15, -0.1) is 0 Å². The highest BCUT2D eigenvalue weighted by molar-refractivity contribution is 5.71. The smallest absolute Gasteiger partial charge is 0.161 e. The minimum absolute atomic E-state index is 0.503. The Morgan fingerprint density at radius 1 is 0.909 bits per heavy atom. The Morgan fingerprint density at radius 3 is 2.27 bits per heavy atom.